The van der Waals surface area contributed by atoms with Gasteiger partial charge in [0.1, 0.15) is 5.41 Å². The van der Waals surface area contributed by atoms with E-state index in [1.807, 2.05) is 12.1 Å². The summed E-state index contributed by atoms with van der Waals surface area (Å²) in [6, 6.07) is 15.9. The average molecular weight is 368 g/mol. The summed E-state index contributed by atoms with van der Waals surface area (Å²) in [5.41, 5.74) is 0.847. The molecule has 0 aliphatic heterocycles. The van der Waals surface area contributed by atoms with Crippen molar-refractivity contribution >= 4 is 17.8 Å². The van der Waals surface area contributed by atoms with Gasteiger partial charge < -0.3 is 15.7 Å². The number of carbonyl (C=O) groups excluding carboxylic acids is 2. The molecule has 0 bridgehead atoms. The molecule has 0 saturated carbocycles. The Morgan fingerprint density at radius 2 is 1.74 bits per heavy atom. The number of aliphatic carboxylic acids is 1. The number of benzene rings is 2. The molecule has 2 rings (SSSR count). The van der Waals surface area contributed by atoms with E-state index in [9.17, 15) is 19.5 Å². The Kier molecular flexibility index (Phi) is 6.71. The van der Waals surface area contributed by atoms with Crippen molar-refractivity contribution in [2.24, 2.45) is 0 Å². The number of hydrogen-bond donors (Lipinski definition) is 3. The molecule has 0 aliphatic rings. The second-order valence-electron chi connectivity index (χ2n) is 6.56. The van der Waals surface area contributed by atoms with Crippen LogP contribution in [-0.4, -0.2) is 36.5 Å². The summed E-state index contributed by atoms with van der Waals surface area (Å²) in [6.07, 6.45) is 0.674. The smallest absolute Gasteiger partial charge is 0.315 e. The van der Waals surface area contributed by atoms with E-state index in [1.54, 1.807) is 56.4 Å². The van der Waals surface area contributed by atoms with Gasteiger partial charge >= 0.3 is 5.97 Å². The van der Waals surface area contributed by atoms with Crippen LogP contribution in [0.2, 0.25) is 0 Å². The van der Waals surface area contributed by atoms with Crippen molar-refractivity contribution in [3.8, 4) is 0 Å². The number of amides is 2. The molecule has 2 amide bonds. The van der Waals surface area contributed by atoms with Gasteiger partial charge in [0, 0.05) is 25.6 Å². The maximum atomic E-state index is 12.2. The molecule has 0 radical (unpaired) electrons. The maximum Gasteiger partial charge on any atom is 0.315 e. The number of carbonyl (C=O) groups is 3. The van der Waals surface area contributed by atoms with E-state index in [1.165, 1.54) is 0 Å². The number of hydrogen-bond acceptors (Lipinski definition) is 3. The largest absolute Gasteiger partial charge is 0.481 e. The fraction of sp³-hybridized carbons (Fsp3) is 0.286. The van der Waals surface area contributed by atoms with Crippen molar-refractivity contribution in [3.05, 3.63) is 71.3 Å². The van der Waals surface area contributed by atoms with Crippen LogP contribution in [0, 0.1) is 0 Å². The van der Waals surface area contributed by atoms with E-state index in [4.69, 9.17) is 0 Å². The van der Waals surface area contributed by atoms with Crippen LogP contribution >= 0.6 is 0 Å². The number of aryl methyl sites for hydroxylation is 1. The molecule has 1 atom stereocenters. The first-order chi connectivity index (χ1) is 12.9. The second-order valence-corrected chi connectivity index (χ2v) is 6.56. The lowest BCUT2D eigenvalue weighted by Crippen LogP contribution is -2.44. The molecule has 6 nitrogen and oxygen atoms in total. The van der Waals surface area contributed by atoms with Crippen molar-refractivity contribution in [1.29, 1.82) is 0 Å². The van der Waals surface area contributed by atoms with Gasteiger partial charge in [-0.25, -0.2) is 0 Å². The lowest BCUT2D eigenvalue weighted by atomic mass is 9.82. The minimum atomic E-state index is -1.20. The normalized spacial score (nSPS) is 12.7. The first kappa shape index (κ1) is 20.2. The van der Waals surface area contributed by atoms with E-state index < -0.39 is 11.4 Å². The predicted molar refractivity (Wildman–Crippen MR) is 103 cm³/mol. The van der Waals surface area contributed by atoms with Gasteiger partial charge in [-0.1, -0.05) is 42.5 Å². The van der Waals surface area contributed by atoms with Crippen molar-refractivity contribution in [2.75, 3.05) is 13.6 Å². The molecule has 0 aliphatic carbocycles. The van der Waals surface area contributed by atoms with E-state index in [-0.39, 0.29) is 24.8 Å². The Hall–Kier alpha value is -3.15. The number of carboxylic acids is 1. The van der Waals surface area contributed by atoms with Crippen LogP contribution in [0.3, 0.4) is 0 Å². The second kappa shape index (κ2) is 8.98. The number of nitrogens with one attached hydrogen (secondary N) is 2. The first-order valence-corrected chi connectivity index (χ1v) is 8.73. The molecular formula is C21H24N2O4. The highest BCUT2D eigenvalue weighted by atomic mass is 16.4. The van der Waals surface area contributed by atoms with Gasteiger partial charge in [-0.2, -0.15) is 0 Å². The monoisotopic (exact) mass is 368 g/mol. The summed E-state index contributed by atoms with van der Waals surface area (Å²) in [7, 11) is 1.56. The minimum Gasteiger partial charge on any atom is -0.481 e. The summed E-state index contributed by atoms with van der Waals surface area (Å²) >= 11 is 0. The van der Waals surface area contributed by atoms with E-state index >= 15 is 0 Å². The molecule has 2 aromatic carbocycles. The van der Waals surface area contributed by atoms with E-state index in [0.29, 0.717) is 17.5 Å². The van der Waals surface area contributed by atoms with Crippen LogP contribution in [0.15, 0.2) is 54.6 Å². The maximum absolute atomic E-state index is 12.2. The standard InChI is InChI=1S/C21H24N2O4/c1-21(20(26)27,17-9-4-3-5-10-17)14-23-18(24)12-11-15-7-6-8-16(13-15)19(25)22-2/h3-10,13H,11-12,14H2,1-2H3,(H,22,25)(H,23,24)(H,26,27). The molecule has 0 fully saturated rings. The fourth-order valence-corrected chi connectivity index (χ4v) is 2.74. The molecule has 142 valence electrons. The molecule has 0 spiro atoms. The molecular weight excluding hydrogens is 344 g/mol. The van der Waals surface area contributed by atoms with Crippen LogP contribution in [0.1, 0.15) is 34.8 Å². The van der Waals surface area contributed by atoms with E-state index in [2.05, 4.69) is 10.6 Å². The molecule has 3 N–H and O–H groups in total. The molecule has 6 heteroatoms. The third-order valence-corrected chi connectivity index (χ3v) is 4.58. The Bertz CT molecular complexity index is 820. The van der Waals surface area contributed by atoms with Crippen molar-refractivity contribution < 1.29 is 19.5 Å². The number of rotatable bonds is 8. The third kappa shape index (κ3) is 5.17. The average Bonchev–Trinajstić information content (AvgIpc) is 2.70. The third-order valence-electron chi connectivity index (χ3n) is 4.58. The molecule has 1 unspecified atom stereocenters. The van der Waals surface area contributed by atoms with Gasteiger partial charge in [-0.3, -0.25) is 14.4 Å². The van der Waals surface area contributed by atoms with Gasteiger partial charge in [0.2, 0.25) is 5.91 Å². The Balaban J connectivity index is 1.96. The topological polar surface area (TPSA) is 95.5 Å². The summed E-state index contributed by atoms with van der Waals surface area (Å²) in [5, 5.41) is 14.9. The van der Waals surface area contributed by atoms with E-state index in [0.717, 1.165) is 5.56 Å². The molecule has 27 heavy (non-hydrogen) atoms. The Morgan fingerprint density at radius 1 is 1.04 bits per heavy atom. The SMILES string of the molecule is CNC(=O)c1cccc(CCC(=O)NCC(C)(C(=O)O)c2ccccc2)c1. The fourth-order valence-electron chi connectivity index (χ4n) is 2.74. The minimum absolute atomic E-state index is 0.00343. The highest BCUT2D eigenvalue weighted by Crippen LogP contribution is 2.23. The van der Waals surface area contributed by atoms with Crippen LogP contribution < -0.4 is 10.6 Å². The lowest BCUT2D eigenvalue weighted by Gasteiger charge is -2.25. The van der Waals surface area contributed by atoms with Crippen LogP contribution in [0.25, 0.3) is 0 Å². The summed E-state index contributed by atoms with van der Waals surface area (Å²) in [6.45, 7) is 1.60. The quantitative estimate of drug-likeness (QED) is 0.665. The zero-order chi connectivity index (χ0) is 19.9. The predicted octanol–water partition coefficient (Wildman–Crippen LogP) is 2.14. The molecule has 2 aromatic rings. The van der Waals surface area contributed by atoms with Gasteiger partial charge in [0.05, 0.1) is 0 Å². The van der Waals surface area contributed by atoms with Gasteiger partial charge in [-0.15, -0.1) is 0 Å². The van der Waals surface area contributed by atoms with Gasteiger partial charge in [0.15, 0.2) is 0 Å². The summed E-state index contributed by atoms with van der Waals surface area (Å²) in [4.78, 5) is 35.6. The first-order valence-electron chi connectivity index (χ1n) is 8.73. The van der Waals surface area contributed by atoms with Crippen LogP contribution in [-0.2, 0) is 21.4 Å². The van der Waals surface area contributed by atoms with Crippen molar-refractivity contribution in [2.45, 2.75) is 25.2 Å². The molecule has 0 aromatic heterocycles. The lowest BCUT2D eigenvalue weighted by molar-refractivity contribution is -0.143. The number of carboxylic acid groups (broad SMARTS) is 1. The van der Waals surface area contributed by atoms with Gasteiger partial charge in [-0.05, 0) is 36.6 Å². The highest BCUT2D eigenvalue weighted by molar-refractivity contribution is 5.94. The zero-order valence-corrected chi connectivity index (χ0v) is 15.5. The van der Waals surface area contributed by atoms with Crippen LogP contribution in [0.5, 0.6) is 0 Å². The highest BCUT2D eigenvalue weighted by Gasteiger charge is 2.35. The molecule has 0 saturated heterocycles. The summed E-state index contributed by atoms with van der Waals surface area (Å²) in [5.74, 6) is -1.41. The van der Waals surface area contributed by atoms with Gasteiger partial charge in [0.25, 0.3) is 5.91 Å². The molecule has 0 heterocycles. The Labute approximate surface area is 158 Å². The van der Waals surface area contributed by atoms with Crippen molar-refractivity contribution in [3.63, 3.8) is 0 Å². The van der Waals surface area contributed by atoms with Crippen molar-refractivity contribution in [1.82, 2.24) is 10.6 Å². The summed E-state index contributed by atoms with van der Waals surface area (Å²) < 4.78 is 0. The zero-order valence-electron chi connectivity index (χ0n) is 15.5. The Morgan fingerprint density at radius 3 is 2.37 bits per heavy atom. The van der Waals surface area contributed by atoms with Crippen LogP contribution in [0.4, 0.5) is 0 Å².